The van der Waals surface area contributed by atoms with Gasteiger partial charge in [-0.25, -0.2) is 0 Å². The Morgan fingerprint density at radius 3 is 2.56 bits per heavy atom. The highest BCUT2D eigenvalue weighted by atomic mass is 16.1. The van der Waals surface area contributed by atoms with Crippen LogP contribution in [-0.4, -0.2) is 42.7 Å². The zero-order chi connectivity index (χ0) is 19.8. The van der Waals surface area contributed by atoms with Crippen molar-refractivity contribution in [2.45, 2.75) is 0 Å². The summed E-state index contributed by atoms with van der Waals surface area (Å²) in [5, 5.41) is 19.6. The number of ketones is 1. The van der Waals surface area contributed by atoms with Gasteiger partial charge in [0.1, 0.15) is 5.71 Å². The molecule has 6 heteroatoms. The Balaban J connectivity index is 2.27. The third-order valence-electron chi connectivity index (χ3n) is 4.22. The molecule has 0 saturated carbocycles. The minimum Gasteiger partial charge on any atom is -0.393 e. The average molecular weight is 363 g/mol. The summed E-state index contributed by atoms with van der Waals surface area (Å²) in [7, 11) is 3.58. The van der Waals surface area contributed by atoms with Crippen molar-refractivity contribution in [3.63, 3.8) is 0 Å². The molecule has 140 valence electrons. The van der Waals surface area contributed by atoms with E-state index in [2.05, 4.69) is 5.32 Å². The molecular weight excluding hydrogens is 338 g/mol. The predicted molar refractivity (Wildman–Crippen MR) is 111 cm³/mol. The number of nitrogens with one attached hydrogen (secondary N) is 3. The van der Waals surface area contributed by atoms with Crippen LogP contribution in [0.2, 0.25) is 0 Å². The fraction of sp³-hybridized carbons (Fsp3) is 0.190. The van der Waals surface area contributed by atoms with Crippen molar-refractivity contribution >= 4 is 22.8 Å². The highest BCUT2D eigenvalue weighted by Crippen LogP contribution is 2.18. The van der Waals surface area contributed by atoms with Crippen LogP contribution >= 0.6 is 0 Å². The lowest BCUT2D eigenvalue weighted by molar-refractivity contribution is -0.114. The van der Waals surface area contributed by atoms with Crippen molar-refractivity contribution in [1.82, 2.24) is 10.2 Å². The van der Waals surface area contributed by atoms with E-state index >= 15 is 0 Å². The Morgan fingerprint density at radius 1 is 1.26 bits per heavy atom. The summed E-state index contributed by atoms with van der Waals surface area (Å²) < 4.78 is 0. The molecule has 1 aromatic rings. The summed E-state index contributed by atoms with van der Waals surface area (Å²) >= 11 is 0. The third-order valence-corrected chi connectivity index (χ3v) is 4.22. The number of carbonyl (C=O) groups excluding carboxylic acids is 1. The summed E-state index contributed by atoms with van der Waals surface area (Å²) in [5.41, 5.74) is 7.73. The van der Waals surface area contributed by atoms with Gasteiger partial charge in [-0.3, -0.25) is 10.2 Å². The molecule has 5 N–H and O–H groups in total. The minimum absolute atomic E-state index is 0.0330. The van der Waals surface area contributed by atoms with Gasteiger partial charge < -0.3 is 21.4 Å². The van der Waals surface area contributed by atoms with E-state index in [1.807, 2.05) is 66.7 Å². The first-order chi connectivity index (χ1) is 13.0. The number of hydrogen-bond donors (Lipinski definition) is 4. The van der Waals surface area contributed by atoms with Gasteiger partial charge in [-0.1, -0.05) is 36.4 Å². The Morgan fingerprint density at radius 2 is 1.96 bits per heavy atom. The molecule has 1 aromatic carbocycles. The van der Waals surface area contributed by atoms with E-state index in [1.165, 1.54) is 0 Å². The molecule has 0 spiro atoms. The van der Waals surface area contributed by atoms with E-state index in [0.717, 1.165) is 11.3 Å². The molecule has 0 radical (unpaired) electrons. The van der Waals surface area contributed by atoms with E-state index in [0.29, 0.717) is 5.57 Å². The number of carbonyl (C=O) groups is 1. The maximum Gasteiger partial charge on any atom is 0.191 e. The molecule has 0 amide bonds. The van der Waals surface area contributed by atoms with Gasteiger partial charge in [-0.2, -0.15) is 0 Å². The number of nitrogens with zero attached hydrogens (tertiary/aromatic N) is 1. The largest absolute Gasteiger partial charge is 0.393 e. The van der Waals surface area contributed by atoms with Crippen LogP contribution in [0, 0.1) is 16.7 Å². The van der Waals surface area contributed by atoms with E-state index < -0.39 is 11.7 Å². The molecule has 1 unspecified atom stereocenters. The second-order valence-corrected chi connectivity index (χ2v) is 6.08. The molecule has 0 bridgehead atoms. The number of allylic oxidation sites excluding steroid dienone is 5. The topological polar surface area (TPSA) is 106 Å². The smallest absolute Gasteiger partial charge is 0.191 e. The summed E-state index contributed by atoms with van der Waals surface area (Å²) in [6.45, 7) is -0.0330. The van der Waals surface area contributed by atoms with Gasteiger partial charge in [0.15, 0.2) is 5.78 Å². The van der Waals surface area contributed by atoms with Crippen molar-refractivity contribution in [3.8, 4) is 0 Å². The average Bonchev–Trinajstić information content (AvgIpc) is 2.68. The lowest BCUT2D eigenvalue weighted by atomic mass is 9.89. The van der Waals surface area contributed by atoms with Crippen molar-refractivity contribution in [2.24, 2.45) is 11.7 Å². The van der Waals surface area contributed by atoms with Crippen molar-refractivity contribution in [2.75, 3.05) is 20.6 Å². The highest BCUT2D eigenvalue weighted by molar-refractivity contribution is 6.57. The number of hydrogen-bond acceptors (Lipinski definition) is 6. The molecule has 1 heterocycles. The Hall–Kier alpha value is -3.25. The van der Waals surface area contributed by atoms with Crippen LogP contribution in [0.15, 0.2) is 72.7 Å². The minimum atomic E-state index is -0.873. The molecule has 0 aliphatic carbocycles. The highest BCUT2D eigenvalue weighted by Gasteiger charge is 2.27. The van der Waals surface area contributed by atoms with Crippen LogP contribution in [0.3, 0.4) is 0 Å². The van der Waals surface area contributed by atoms with Crippen LogP contribution in [0.5, 0.6) is 0 Å². The van der Waals surface area contributed by atoms with E-state index in [9.17, 15) is 4.79 Å². The molecule has 0 aromatic heterocycles. The van der Waals surface area contributed by atoms with Crippen LogP contribution in [-0.2, 0) is 4.79 Å². The number of benzene rings is 1. The first-order valence-electron chi connectivity index (χ1n) is 8.63. The zero-order valence-corrected chi connectivity index (χ0v) is 15.6. The fourth-order valence-electron chi connectivity index (χ4n) is 2.69. The zero-order valence-electron chi connectivity index (χ0n) is 15.6. The molecule has 1 aliphatic rings. The summed E-state index contributed by atoms with van der Waals surface area (Å²) in [6.07, 6.45) is 10.7. The maximum absolute atomic E-state index is 12.9. The van der Waals surface area contributed by atoms with Crippen molar-refractivity contribution < 1.29 is 4.79 Å². The fourth-order valence-corrected chi connectivity index (χ4v) is 2.69. The second kappa shape index (κ2) is 9.45. The molecule has 6 nitrogen and oxygen atoms in total. The molecule has 2 rings (SSSR count). The lowest BCUT2D eigenvalue weighted by Crippen LogP contribution is -2.35. The molecule has 1 aliphatic heterocycles. The molecule has 1 atom stereocenters. The number of Topliss-reactive ketones (excluding diaryl/α,β-unsaturated/α-hetero) is 1. The van der Waals surface area contributed by atoms with Crippen molar-refractivity contribution in [1.29, 1.82) is 10.8 Å². The van der Waals surface area contributed by atoms with Crippen LogP contribution in [0.25, 0.3) is 5.57 Å². The van der Waals surface area contributed by atoms with E-state index in [1.54, 1.807) is 19.3 Å². The second-order valence-electron chi connectivity index (χ2n) is 6.08. The number of nitrogens with two attached hydrogens (primary N) is 1. The Bertz CT molecular complexity index is 833. The van der Waals surface area contributed by atoms with Crippen LogP contribution < -0.4 is 11.1 Å². The maximum atomic E-state index is 12.9. The summed E-state index contributed by atoms with van der Waals surface area (Å²) in [6, 6.07) is 9.25. The van der Waals surface area contributed by atoms with Crippen LogP contribution in [0.4, 0.5) is 0 Å². The number of rotatable bonds is 8. The first-order valence-corrected chi connectivity index (χ1v) is 8.63. The molecule has 27 heavy (non-hydrogen) atoms. The van der Waals surface area contributed by atoms with E-state index in [4.69, 9.17) is 16.6 Å². The Labute approximate surface area is 159 Å². The van der Waals surface area contributed by atoms with Gasteiger partial charge in [0, 0.05) is 50.0 Å². The monoisotopic (exact) mass is 363 g/mol. The third kappa shape index (κ3) is 4.89. The van der Waals surface area contributed by atoms with Crippen molar-refractivity contribution in [3.05, 3.63) is 78.3 Å². The lowest BCUT2D eigenvalue weighted by Gasteiger charge is -2.20. The SMILES string of the molecule is CN/C=C(\C(=N)C(=O)C(CN)C(=N)/C=C1/C=CC=CN1C)c1ccccc1. The van der Waals surface area contributed by atoms with Gasteiger partial charge in [0.25, 0.3) is 0 Å². The van der Waals surface area contributed by atoms with Gasteiger partial charge >= 0.3 is 0 Å². The quantitative estimate of drug-likeness (QED) is 0.532. The summed E-state index contributed by atoms with van der Waals surface area (Å²) in [4.78, 5) is 14.8. The molecule has 0 fully saturated rings. The van der Waals surface area contributed by atoms with Gasteiger partial charge in [0.2, 0.25) is 0 Å². The van der Waals surface area contributed by atoms with Gasteiger partial charge in [-0.05, 0) is 23.8 Å². The summed E-state index contributed by atoms with van der Waals surface area (Å²) in [5.74, 6) is -1.34. The van der Waals surface area contributed by atoms with Gasteiger partial charge in [0.05, 0.1) is 5.92 Å². The molecular formula is C21H25N5O. The first kappa shape index (κ1) is 20.1. The number of likely N-dealkylation sites (N-methyl/N-ethyl adjacent to an activating group) is 1. The normalized spacial score (nSPS) is 16.3. The predicted octanol–water partition coefficient (Wildman–Crippen LogP) is 2.33. The van der Waals surface area contributed by atoms with E-state index in [-0.39, 0.29) is 18.0 Å². The Kier molecular flexibility index (Phi) is 7.02. The van der Waals surface area contributed by atoms with Gasteiger partial charge in [-0.15, -0.1) is 0 Å². The molecule has 0 saturated heterocycles. The van der Waals surface area contributed by atoms with Crippen LogP contribution in [0.1, 0.15) is 5.56 Å². The standard InChI is InChI=1S/C21H25N5O/c1-25-14-18(15-8-4-3-5-9-15)20(24)21(27)17(13-22)19(23)12-16-10-6-7-11-26(16)2/h3-12,14,17,23-25H,13,22H2,1-2H3/b16-12-,18-14-,23-19?,24-20?.